The van der Waals surface area contributed by atoms with Gasteiger partial charge in [-0.15, -0.1) is 24.2 Å². The number of carbonyl (C=O) groups is 1. The monoisotopic (exact) mass is 357 g/mol. The van der Waals surface area contributed by atoms with Crippen molar-refractivity contribution in [3.63, 3.8) is 0 Å². The first-order valence-electron chi connectivity index (χ1n) is 8.28. The molecule has 0 amide bonds. The van der Waals surface area contributed by atoms with E-state index in [0.717, 1.165) is 32.2 Å². The second-order valence-electron chi connectivity index (χ2n) is 5.75. The Morgan fingerprint density at radius 2 is 2.22 bits per heavy atom. The van der Waals surface area contributed by atoms with Crippen LogP contribution in [-0.2, 0) is 16.0 Å². The summed E-state index contributed by atoms with van der Waals surface area (Å²) in [6.07, 6.45) is 6.17. The van der Waals surface area contributed by atoms with Crippen molar-refractivity contribution >= 4 is 30.1 Å². The zero-order chi connectivity index (χ0) is 15.9. The van der Waals surface area contributed by atoms with Crippen LogP contribution in [0.4, 0.5) is 0 Å². The molecule has 2 rings (SSSR count). The second-order valence-corrected chi connectivity index (χ2v) is 6.63. The summed E-state index contributed by atoms with van der Waals surface area (Å²) >= 11 is 1.77. The smallest absolute Gasteiger partial charge is 0.310 e. The molecule has 0 saturated heterocycles. The summed E-state index contributed by atoms with van der Waals surface area (Å²) < 4.78 is 5.33. The molecule has 1 aromatic carbocycles. The summed E-state index contributed by atoms with van der Waals surface area (Å²) in [6, 6.07) is 6.71. The number of halogens is 1. The quantitative estimate of drug-likeness (QED) is 0.580. The summed E-state index contributed by atoms with van der Waals surface area (Å²) in [6.45, 7) is 5.42. The molecule has 0 radical (unpaired) electrons. The van der Waals surface area contributed by atoms with E-state index in [9.17, 15) is 4.79 Å². The highest BCUT2D eigenvalue weighted by atomic mass is 35.5. The van der Waals surface area contributed by atoms with Gasteiger partial charge in [-0.05, 0) is 55.8 Å². The number of rotatable bonds is 7. The standard InChI is InChI=1S/C18H27NO2S.ClH/c1-4-6-7-16(18(20)21-5-2)17-15-9-8-14(22-3)12-13(15)10-11-19-17;/h8-9,12,16-17,19H,4-7,10-11H2,1-3H3;1H. The van der Waals surface area contributed by atoms with Crippen molar-refractivity contribution in [3.05, 3.63) is 29.3 Å². The van der Waals surface area contributed by atoms with Gasteiger partial charge < -0.3 is 10.1 Å². The van der Waals surface area contributed by atoms with E-state index in [1.54, 1.807) is 11.8 Å². The lowest BCUT2D eigenvalue weighted by Gasteiger charge is -2.32. The van der Waals surface area contributed by atoms with Crippen LogP contribution in [0.2, 0.25) is 0 Å². The molecule has 1 aliphatic rings. The van der Waals surface area contributed by atoms with E-state index >= 15 is 0 Å². The van der Waals surface area contributed by atoms with Crippen LogP contribution in [0.15, 0.2) is 23.1 Å². The van der Waals surface area contributed by atoms with Crippen molar-refractivity contribution in [1.29, 1.82) is 0 Å². The molecule has 1 N–H and O–H groups in total. The van der Waals surface area contributed by atoms with E-state index in [1.807, 2.05) is 6.92 Å². The molecule has 5 heteroatoms. The van der Waals surface area contributed by atoms with Gasteiger partial charge in [0.05, 0.1) is 12.5 Å². The molecular formula is C18H28ClNO2S. The number of ether oxygens (including phenoxy) is 1. The van der Waals surface area contributed by atoms with Crippen molar-refractivity contribution in [1.82, 2.24) is 5.32 Å². The maximum Gasteiger partial charge on any atom is 0.310 e. The number of fused-ring (bicyclic) bond motifs is 1. The number of thioether (sulfide) groups is 1. The van der Waals surface area contributed by atoms with Gasteiger partial charge >= 0.3 is 5.97 Å². The minimum absolute atomic E-state index is 0. The summed E-state index contributed by atoms with van der Waals surface area (Å²) in [5.74, 6) is -0.144. The maximum atomic E-state index is 12.4. The van der Waals surface area contributed by atoms with Crippen molar-refractivity contribution < 1.29 is 9.53 Å². The Morgan fingerprint density at radius 3 is 2.87 bits per heavy atom. The molecule has 1 aromatic rings. The average molecular weight is 358 g/mol. The molecule has 130 valence electrons. The summed E-state index contributed by atoms with van der Waals surface area (Å²) in [5, 5.41) is 3.55. The fourth-order valence-corrected chi connectivity index (χ4v) is 3.62. The first-order valence-corrected chi connectivity index (χ1v) is 9.50. The van der Waals surface area contributed by atoms with Crippen LogP contribution < -0.4 is 5.32 Å². The molecule has 0 spiro atoms. The lowest BCUT2D eigenvalue weighted by atomic mass is 9.83. The molecule has 1 heterocycles. The highest BCUT2D eigenvalue weighted by molar-refractivity contribution is 7.98. The number of unbranched alkanes of at least 4 members (excludes halogenated alkanes) is 1. The van der Waals surface area contributed by atoms with E-state index in [0.29, 0.717) is 6.61 Å². The third kappa shape index (κ3) is 5.13. The maximum absolute atomic E-state index is 12.4. The van der Waals surface area contributed by atoms with Crippen LogP contribution in [0.1, 0.15) is 50.3 Å². The van der Waals surface area contributed by atoms with E-state index in [-0.39, 0.29) is 30.3 Å². The van der Waals surface area contributed by atoms with Crippen LogP contribution in [0, 0.1) is 5.92 Å². The molecule has 3 nitrogen and oxygen atoms in total. The van der Waals surface area contributed by atoms with Crippen molar-refractivity contribution in [2.45, 2.75) is 50.5 Å². The van der Waals surface area contributed by atoms with Crippen molar-refractivity contribution in [3.8, 4) is 0 Å². The Balaban J connectivity index is 0.00000264. The van der Waals surface area contributed by atoms with Gasteiger partial charge in [-0.3, -0.25) is 4.79 Å². The molecular weight excluding hydrogens is 330 g/mol. The SMILES string of the molecule is CCCCC(C(=O)OCC)C1NCCc2cc(SC)ccc21.Cl. The highest BCUT2D eigenvalue weighted by Gasteiger charge is 2.33. The van der Waals surface area contributed by atoms with Gasteiger partial charge in [0.25, 0.3) is 0 Å². The highest BCUT2D eigenvalue weighted by Crippen LogP contribution is 2.34. The third-order valence-corrected chi connectivity index (χ3v) is 5.03. The van der Waals surface area contributed by atoms with E-state index < -0.39 is 0 Å². The first-order chi connectivity index (χ1) is 10.7. The van der Waals surface area contributed by atoms with Crippen LogP contribution in [0.3, 0.4) is 0 Å². The number of carbonyl (C=O) groups excluding carboxylic acids is 1. The Hall–Kier alpha value is -0.710. The van der Waals surface area contributed by atoms with Gasteiger partial charge in [0.15, 0.2) is 0 Å². The Bertz CT molecular complexity index is 510. The zero-order valence-corrected chi connectivity index (χ0v) is 15.9. The molecule has 23 heavy (non-hydrogen) atoms. The fraction of sp³-hybridized carbons (Fsp3) is 0.611. The molecule has 0 saturated carbocycles. The number of hydrogen-bond donors (Lipinski definition) is 1. The van der Waals surface area contributed by atoms with Crippen LogP contribution in [0.5, 0.6) is 0 Å². The first kappa shape index (κ1) is 20.3. The number of hydrogen-bond acceptors (Lipinski definition) is 4. The predicted molar refractivity (Wildman–Crippen MR) is 99.6 cm³/mol. The number of esters is 1. The molecule has 0 aromatic heterocycles. The lowest BCUT2D eigenvalue weighted by Crippen LogP contribution is -2.38. The molecule has 2 unspecified atom stereocenters. The Morgan fingerprint density at radius 1 is 1.43 bits per heavy atom. The fourth-order valence-electron chi connectivity index (χ4n) is 3.15. The normalized spacial score (nSPS) is 17.8. The Kier molecular flexibility index (Phi) is 9.03. The van der Waals surface area contributed by atoms with Gasteiger partial charge in [0.1, 0.15) is 0 Å². The van der Waals surface area contributed by atoms with Crippen molar-refractivity contribution in [2.75, 3.05) is 19.4 Å². The third-order valence-electron chi connectivity index (χ3n) is 4.30. The van der Waals surface area contributed by atoms with Crippen molar-refractivity contribution in [2.24, 2.45) is 5.92 Å². The largest absolute Gasteiger partial charge is 0.466 e. The van der Waals surface area contributed by atoms with Gasteiger partial charge in [-0.25, -0.2) is 0 Å². The minimum Gasteiger partial charge on any atom is -0.466 e. The van der Waals surface area contributed by atoms with Gasteiger partial charge in [-0.1, -0.05) is 25.8 Å². The average Bonchev–Trinajstić information content (AvgIpc) is 2.55. The molecule has 0 bridgehead atoms. The zero-order valence-electron chi connectivity index (χ0n) is 14.3. The Labute approximate surface area is 150 Å². The topological polar surface area (TPSA) is 38.3 Å². The second kappa shape index (κ2) is 10.2. The van der Waals surface area contributed by atoms with E-state index in [4.69, 9.17) is 4.74 Å². The minimum atomic E-state index is -0.0842. The predicted octanol–water partition coefficient (Wildman–Crippen LogP) is 4.39. The summed E-state index contributed by atoms with van der Waals surface area (Å²) in [4.78, 5) is 13.7. The summed E-state index contributed by atoms with van der Waals surface area (Å²) in [7, 11) is 0. The van der Waals surface area contributed by atoms with Crippen LogP contribution in [-0.4, -0.2) is 25.4 Å². The molecule has 0 aliphatic carbocycles. The molecule has 2 atom stereocenters. The summed E-state index contributed by atoms with van der Waals surface area (Å²) in [5.41, 5.74) is 2.65. The number of nitrogens with one attached hydrogen (secondary N) is 1. The lowest BCUT2D eigenvalue weighted by molar-refractivity contribution is -0.149. The molecule has 1 aliphatic heterocycles. The number of benzene rings is 1. The van der Waals surface area contributed by atoms with E-state index in [2.05, 4.69) is 36.7 Å². The van der Waals surface area contributed by atoms with Crippen LogP contribution in [0.25, 0.3) is 0 Å². The van der Waals surface area contributed by atoms with Gasteiger partial charge in [-0.2, -0.15) is 0 Å². The molecule has 0 fully saturated rings. The van der Waals surface area contributed by atoms with Gasteiger partial charge in [0.2, 0.25) is 0 Å². The van der Waals surface area contributed by atoms with Gasteiger partial charge in [0, 0.05) is 10.9 Å². The van der Waals surface area contributed by atoms with Crippen LogP contribution >= 0.6 is 24.2 Å². The van der Waals surface area contributed by atoms with E-state index in [1.165, 1.54) is 16.0 Å².